The van der Waals surface area contributed by atoms with Gasteiger partial charge in [-0.15, -0.1) is 24.8 Å². The molecule has 8 heteroatoms. The monoisotopic (exact) mass is 512 g/mol. The van der Waals surface area contributed by atoms with Gasteiger partial charge in [0.1, 0.15) is 0 Å². The van der Waals surface area contributed by atoms with Gasteiger partial charge in [-0.25, -0.2) is 0 Å². The lowest BCUT2D eigenvalue weighted by Crippen LogP contribution is -2.30. The summed E-state index contributed by atoms with van der Waals surface area (Å²) < 4.78 is 22.1. The van der Waals surface area contributed by atoms with Crippen LogP contribution < -0.4 is 29.6 Å². The van der Waals surface area contributed by atoms with Crippen molar-refractivity contribution in [2.45, 2.75) is 50.6 Å². The Kier molecular flexibility index (Phi) is 11.1. The molecule has 0 bridgehead atoms. The first-order valence-corrected chi connectivity index (χ1v) is 11.6. The third-order valence-electron chi connectivity index (χ3n) is 6.85. The molecule has 190 valence electrons. The van der Waals surface area contributed by atoms with E-state index in [2.05, 4.69) is 34.9 Å². The number of ether oxygens (including phenoxy) is 4. The third kappa shape index (κ3) is 6.03. The van der Waals surface area contributed by atoms with Crippen molar-refractivity contribution < 1.29 is 18.9 Å². The summed E-state index contributed by atoms with van der Waals surface area (Å²) in [6.07, 6.45) is 6.64. The molecule has 0 saturated heterocycles. The molecule has 2 atom stereocenters. The van der Waals surface area contributed by atoms with Crippen molar-refractivity contribution in [3.8, 4) is 23.0 Å². The van der Waals surface area contributed by atoms with E-state index in [0.29, 0.717) is 12.1 Å². The number of hydrogen-bond donors (Lipinski definition) is 2. The summed E-state index contributed by atoms with van der Waals surface area (Å²) in [4.78, 5) is 0. The Morgan fingerprint density at radius 1 is 0.618 bits per heavy atom. The Bertz CT molecular complexity index is 866. The van der Waals surface area contributed by atoms with Gasteiger partial charge < -0.3 is 29.6 Å². The SMILES string of the molecule is COc1cc2c(cc1OC)[C@H](CCCC[C@H]1NCCc3cc(OC)c(OC)cc31)NCC2.Cl.Cl. The van der Waals surface area contributed by atoms with E-state index in [4.69, 9.17) is 18.9 Å². The fourth-order valence-corrected chi connectivity index (χ4v) is 5.15. The molecular formula is C26H38Cl2N2O4. The number of nitrogens with one attached hydrogen (secondary N) is 2. The minimum absolute atomic E-state index is 0. The third-order valence-corrected chi connectivity index (χ3v) is 6.85. The fourth-order valence-electron chi connectivity index (χ4n) is 5.15. The van der Waals surface area contributed by atoms with Crippen LogP contribution in [-0.2, 0) is 12.8 Å². The van der Waals surface area contributed by atoms with Gasteiger partial charge in [0.25, 0.3) is 0 Å². The lowest BCUT2D eigenvalue weighted by Gasteiger charge is -2.30. The Hall–Kier alpha value is -1.86. The minimum atomic E-state index is 0. The number of benzene rings is 2. The first-order chi connectivity index (χ1) is 15.7. The Morgan fingerprint density at radius 3 is 1.32 bits per heavy atom. The molecule has 0 amide bonds. The first-order valence-electron chi connectivity index (χ1n) is 11.6. The van der Waals surface area contributed by atoms with E-state index in [9.17, 15) is 0 Å². The zero-order valence-corrected chi connectivity index (χ0v) is 22.2. The molecule has 0 aliphatic carbocycles. The number of unbranched alkanes of at least 4 members (excludes halogenated alkanes) is 1. The number of fused-ring (bicyclic) bond motifs is 2. The van der Waals surface area contributed by atoms with Gasteiger partial charge in [-0.05, 0) is 85.3 Å². The first kappa shape index (κ1) is 28.4. The molecule has 0 saturated carbocycles. The van der Waals surface area contributed by atoms with E-state index < -0.39 is 0 Å². The summed E-state index contributed by atoms with van der Waals surface area (Å²) in [7, 11) is 6.81. The predicted molar refractivity (Wildman–Crippen MR) is 141 cm³/mol. The zero-order valence-electron chi connectivity index (χ0n) is 20.6. The molecule has 2 heterocycles. The minimum Gasteiger partial charge on any atom is -0.493 e. The molecule has 0 aromatic heterocycles. The lowest BCUT2D eigenvalue weighted by molar-refractivity contribution is 0.350. The van der Waals surface area contributed by atoms with Crippen molar-refractivity contribution in [3.63, 3.8) is 0 Å². The van der Waals surface area contributed by atoms with Crippen molar-refractivity contribution in [1.29, 1.82) is 0 Å². The number of hydrogen-bond acceptors (Lipinski definition) is 6. The Morgan fingerprint density at radius 2 is 0.971 bits per heavy atom. The summed E-state index contributed by atoms with van der Waals surface area (Å²) in [5.74, 6) is 3.27. The van der Waals surface area contributed by atoms with Crippen LogP contribution >= 0.6 is 24.8 Å². The van der Waals surface area contributed by atoms with Crippen LogP contribution in [0.2, 0.25) is 0 Å². The van der Waals surface area contributed by atoms with Crippen LogP contribution in [0.25, 0.3) is 0 Å². The van der Waals surface area contributed by atoms with Gasteiger partial charge in [0.15, 0.2) is 23.0 Å². The van der Waals surface area contributed by atoms with Crippen LogP contribution in [0, 0.1) is 0 Å². The fraction of sp³-hybridized carbons (Fsp3) is 0.538. The van der Waals surface area contributed by atoms with E-state index in [1.165, 1.54) is 35.1 Å². The van der Waals surface area contributed by atoms with E-state index in [1.54, 1.807) is 28.4 Å². The second-order valence-electron chi connectivity index (χ2n) is 8.61. The highest BCUT2D eigenvalue weighted by atomic mass is 35.5. The normalized spacial score (nSPS) is 18.5. The Labute approximate surface area is 215 Å². The summed E-state index contributed by atoms with van der Waals surface area (Å²) in [6.45, 7) is 2.01. The van der Waals surface area contributed by atoms with Gasteiger partial charge in [0, 0.05) is 12.1 Å². The second-order valence-corrected chi connectivity index (χ2v) is 8.61. The Balaban J connectivity index is 0.00000204. The van der Waals surface area contributed by atoms with Crippen LogP contribution in [0.4, 0.5) is 0 Å². The number of methoxy groups -OCH3 is 4. The summed E-state index contributed by atoms with van der Waals surface area (Å²) in [5.41, 5.74) is 5.45. The van der Waals surface area contributed by atoms with Crippen molar-refractivity contribution in [2.75, 3.05) is 41.5 Å². The van der Waals surface area contributed by atoms with Gasteiger partial charge in [-0.1, -0.05) is 12.8 Å². The van der Waals surface area contributed by atoms with Crippen LogP contribution in [0.3, 0.4) is 0 Å². The molecule has 0 radical (unpaired) electrons. The number of halogens is 2. The molecular weight excluding hydrogens is 475 g/mol. The molecule has 2 aliphatic heterocycles. The maximum absolute atomic E-state index is 5.54. The molecule has 2 aromatic rings. The quantitative estimate of drug-likeness (QED) is 0.450. The van der Waals surface area contributed by atoms with Gasteiger partial charge in [0.2, 0.25) is 0 Å². The topological polar surface area (TPSA) is 61.0 Å². The summed E-state index contributed by atoms with van der Waals surface area (Å²) >= 11 is 0. The summed E-state index contributed by atoms with van der Waals surface area (Å²) in [6, 6.07) is 9.34. The van der Waals surface area contributed by atoms with Crippen molar-refractivity contribution in [3.05, 3.63) is 46.5 Å². The smallest absolute Gasteiger partial charge is 0.161 e. The molecule has 0 spiro atoms. The van der Waals surface area contributed by atoms with Gasteiger partial charge in [-0.2, -0.15) is 0 Å². The highest BCUT2D eigenvalue weighted by molar-refractivity contribution is 5.85. The molecule has 0 fully saturated rings. The maximum atomic E-state index is 5.54. The van der Waals surface area contributed by atoms with Gasteiger partial charge in [-0.3, -0.25) is 0 Å². The van der Waals surface area contributed by atoms with Crippen LogP contribution in [-0.4, -0.2) is 41.5 Å². The van der Waals surface area contributed by atoms with Gasteiger partial charge in [0.05, 0.1) is 28.4 Å². The van der Waals surface area contributed by atoms with Gasteiger partial charge >= 0.3 is 0 Å². The predicted octanol–water partition coefficient (Wildman–Crippen LogP) is 5.20. The maximum Gasteiger partial charge on any atom is 0.161 e. The molecule has 2 aliphatic rings. The highest BCUT2D eigenvalue weighted by Crippen LogP contribution is 2.38. The molecule has 6 nitrogen and oxygen atoms in total. The van der Waals surface area contributed by atoms with Crippen LogP contribution in [0.15, 0.2) is 24.3 Å². The van der Waals surface area contributed by atoms with E-state index in [1.807, 2.05) is 0 Å². The molecule has 2 aromatic carbocycles. The van der Waals surface area contributed by atoms with E-state index >= 15 is 0 Å². The average molecular weight is 514 g/mol. The molecule has 4 rings (SSSR count). The lowest BCUT2D eigenvalue weighted by atomic mass is 9.88. The van der Waals surface area contributed by atoms with Crippen LogP contribution in [0.1, 0.15) is 60.0 Å². The second kappa shape index (κ2) is 13.3. The van der Waals surface area contributed by atoms with Crippen LogP contribution in [0.5, 0.6) is 23.0 Å². The largest absolute Gasteiger partial charge is 0.493 e. The average Bonchev–Trinajstić information content (AvgIpc) is 2.84. The standard InChI is InChI=1S/C26H36N2O4.2ClH/c1-29-23-13-17-9-11-27-21(19(17)15-25(23)31-3)7-5-6-8-22-20-16-26(32-4)24(30-2)14-18(20)10-12-28-22;;/h13-16,21-22,27-28H,5-12H2,1-4H3;2*1H/t21-,22+;;. The highest BCUT2D eigenvalue weighted by Gasteiger charge is 2.24. The van der Waals surface area contributed by atoms with E-state index in [-0.39, 0.29) is 24.8 Å². The number of rotatable bonds is 9. The molecule has 2 N–H and O–H groups in total. The van der Waals surface area contributed by atoms with Crippen molar-refractivity contribution in [1.82, 2.24) is 10.6 Å². The van der Waals surface area contributed by atoms with Crippen molar-refractivity contribution in [2.24, 2.45) is 0 Å². The molecule has 34 heavy (non-hydrogen) atoms. The molecule has 0 unspecified atom stereocenters. The van der Waals surface area contributed by atoms with Crippen molar-refractivity contribution >= 4 is 24.8 Å². The van der Waals surface area contributed by atoms with E-state index in [0.717, 1.165) is 61.8 Å². The zero-order chi connectivity index (χ0) is 22.5. The summed E-state index contributed by atoms with van der Waals surface area (Å²) in [5, 5.41) is 7.41.